The van der Waals surface area contributed by atoms with Crippen LogP contribution in [-0.2, 0) is 6.42 Å². The second-order valence-corrected chi connectivity index (χ2v) is 5.28. The van der Waals surface area contributed by atoms with Crippen LogP contribution in [-0.4, -0.2) is 12.2 Å². The van der Waals surface area contributed by atoms with Gasteiger partial charge in [0, 0.05) is 12.5 Å². The van der Waals surface area contributed by atoms with Crippen LogP contribution in [0.2, 0.25) is 0 Å². The Kier molecular flexibility index (Phi) is 5.26. The Morgan fingerprint density at radius 3 is 2.62 bits per heavy atom. The van der Waals surface area contributed by atoms with Gasteiger partial charge in [-0.25, -0.2) is 4.79 Å². The van der Waals surface area contributed by atoms with Crippen LogP contribution >= 0.6 is 0 Å². The molecule has 0 bridgehead atoms. The van der Waals surface area contributed by atoms with E-state index in [4.69, 9.17) is 9.15 Å². The van der Waals surface area contributed by atoms with Crippen molar-refractivity contribution in [1.82, 2.24) is 0 Å². The summed E-state index contributed by atoms with van der Waals surface area (Å²) >= 11 is 0. The van der Waals surface area contributed by atoms with Crippen molar-refractivity contribution in [2.75, 3.05) is 7.11 Å². The maximum atomic E-state index is 12.0. The first-order chi connectivity index (χ1) is 10.2. The van der Waals surface area contributed by atoms with Gasteiger partial charge in [0.1, 0.15) is 22.6 Å². The first kappa shape index (κ1) is 15.4. The van der Waals surface area contributed by atoms with Gasteiger partial charge >= 0.3 is 5.63 Å². The number of fused-ring (bicyclic) bond motifs is 1. The predicted octanol–water partition coefficient (Wildman–Crippen LogP) is 4.02. The number of aryl methyl sites for hydroxylation is 1. The van der Waals surface area contributed by atoms with Crippen molar-refractivity contribution in [3.63, 3.8) is 0 Å². The monoisotopic (exact) mass is 290 g/mol. The third-order valence-corrected chi connectivity index (χ3v) is 3.63. The number of rotatable bonds is 7. The molecule has 0 amide bonds. The molecule has 0 aliphatic rings. The van der Waals surface area contributed by atoms with Crippen LogP contribution in [0.3, 0.4) is 0 Å². The minimum atomic E-state index is -0.490. The maximum Gasteiger partial charge on any atom is 0.347 e. The molecule has 0 fully saturated rings. The van der Waals surface area contributed by atoms with Crippen LogP contribution in [0.5, 0.6) is 11.5 Å². The lowest BCUT2D eigenvalue weighted by atomic mass is 10.1. The standard InChI is InChI=1S/C17H22O4/c1-3-4-5-6-7-8-13-9-12-10-14(20-2)11-15(18)16(12)17(19)21-13/h9-11,18H,3-8H2,1-2H3. The second kappa shape index (κ2) is 7.16. The zero-order valence-electron chi connectivity index (χ0n) is 12.6. The van der Waals surface area contributed by atoms with Gasteiger partial charge in [-0.2, -0.15) is 0 Å². The summed E-state index contributed by atoms with van der Waals surface area (Å²) in [6, 6.07) is 4.98. The highest BCUT2D eigenvalue weighted by Gasteiger charge is 2.11. The molecule has 0 saturated heterocycles. The Balaban J connectivity index is 2.21. The molecule has 2 rings (SSSR count). The Morgan fingerprint density at radius 2 is 1.90 bits per heavy atom. The molecule has 4 nitrogen and oxygen atoms in total. The number of methoxy groups -OCH3 is 1. The summed E-state index contributed by atoms with van der Waals surface area (Å²) in [7, 11) is 1.53. The molecule has 0 atom stereocenters. The van der Waals surface area contributed by atoms with Gasteiger partial charge in [-0.3, -0.25) is 0 Å². The van der Waals surface area contributed by atoms with Gasteiger partial charge in [0.25, 0.3) is 0 Å². The molecular formula is C17H22O4. The third-order valence-electron chi connectivity index (χ3n) is 3.63. The Labute approximate surface area is 124 Å². The summed E-state index contributed by atoms with van der Waals surface area (Å²) in [5.41, 5.74) is -0.490. The van der Waals surface area contributed by atoms with Crippen molar-refractivity contribution in [2.45, 2.75) is 45.4 Å². The molecular weight excluding hydrogens is 268 g/mol. The largest absolute Gasteiger partial charge is 0.507 e. The van der Waals surface area contributed by atoms with Crippen LogP contribution in [0.1, 0.15) is 44.8 Å². The highest BCUT2D eigenvalue weighted by molar-refractivity contribution is 5.88. The lowest BCUT2D eigenvalue weighted by Gasteiger charge is -2.06. The number of aromatic hydroxyl groups is 1. The zero-order chi connectivity index (χ0) is 15.2. The van der Waals surface area contributed by atoms with Crippen molar-refractivity contribution >= 4 is 10.8 Å². The summed E-state index contributed by atoms with van der Waals surface area (Å²) in [4.78, 5) is 12.0. The Bertz CT molecular complexity index is 658. The fourth-order valence-corrected chi connectivity index (χ4v) is 2.47. The molecule has 1 aromatic carbocycles. The highest BCUT2D eigenvalue weighted by atomic mass is 16.5. The van der Waals surface area contributed by atoms with Gasteiger partial charge in [-0.05, 0) is 23.9 Å². The molecule has 0 spiro atoms. The molecule has 1 heterocycles. The minimum absolute atomic E-state index is 0.104. The van der Waals surface area contributed by atoms with E-state index in [-0.39, 0.29) is 11.1 Å². The number of unbranched alkanes of at least 4 members (excludes halogenated alkanes) is 4. The number of phenolic OH excluding ortho intramolecular Hbond substituents is 1. The fourth-order valence-electron chi connectivity index (χ4n) is 2.47. The molecule has 21 heavy (non-hydrogen) atoms. The van der Waals surface area contributed by atoms with E-state index < -0.39 is 5.63 Å². The molecule has 2 aromatic rings. The van der Waals surface area contributed by atoms with Gasteiger partial charge in [-0.1, -0.05) is 32.6 Å². The van der Waals surface area contributed by atoms with Crippen molar-refractivity contribution in [3.8, 4) is 11.5 Å². The van der Waals surface area contributed by atoms with Crippen LogP contribution < -0.4 is 10.4 Å². The normalized spacial score (nSPS) is 11.0. The number of benzene rings is 1. The van der Waals surface area contributed by atoms with Crippen LogP contribution in [0.15, 0.2) is 27.4 Å². The van der Waals surface area contributed by atoms with Gasteiger partial charge in [0.15, 0.2) is 0 Å². The average molecular weight is 290 g/mol. The summed E-state index contributed by atoms with van der Waals surface area (Å²) in [6.45, 7) is 2.18. The molecule has 0 aliphatic heterocycles. The summed E-state index contributed by atoms with van der Waals surface area (Å²) < 4.78 is 10.4. The van der Waals surface area contributed by atoms with E-state index in [2.05, 4.69) is 6.92 Å². The van der Waals surface area contributed by atoms with Gasteiger partial charge < -0.3 is 14.3 Å². The van der Waals surface area contributed by atoms with E-state index in [0.717, 1.165) is 19.3 Å². The molecule has 0 radical (unpaired) electrons. The number of phenols is 1. The fraction of sp³-hybridized carbons (Fsp3) is 0.471. The van der Waals surface area contributed by atoms with E-state index in [1.165, 1.54) is 32.4 Å². The predicted molar refractivity (Wildman–Crippen MR) is 83.2 cm³/mol. The molecule has 0 unspecified atom stereocenters. The van der Waals surface area contributed by atoms with Gasteiger partial charge in [0.05, 0.1) is 7.11 Å². The molecule has 0 aliphatic carbocycles. The van der Waals surface area contributed by atoms with Crippen LogP contribution in [0, 0.1) is 0 Å². The van der Waals surface area contributed by atoms with Crippen molar-refractivity contribution < 1.29 is 14.3 Å². The number of hydrogen-bond acceptors (Lipinski definition) is 4. The number of hydrogen-bond donors (Lipinski definition) is 1. The summed E-state index contributed by atoms with van der Waals surface area (Å²) in [6.07, 6.45) is 6.55. The third kappa shape index (κ3) is 3.78. The summed E-state index contributed by atoms with van der Waals surface area (Å²) in [5.74, 6) is 1.09. The number of ether oxygens (including phenoxy) is 1. The lowest BCUT2D eigenvalue weighted by molar-refractivity contribution is 0.408. The van der Waals surface area contributed by atoms with E-state index in [9.17, 15) is 9.90 Å². The first-order valence-electron chi connectivity index (χ1n) is 7.49. The van der Waals surface area contributed by atoms with Gasteiger partial charge in [0.2, 0.25) is 0 Å². The summed E-state index contributed by atoms with van der Waals surface area (Å²) in [5, 5.41) is 10.8. The van der Waals surface area contributed by atoms with Crippen molar-refractivity contribution in [1.29, 1.82) is 0 Å². The maximum absolute atomic E-state index is 12.0. The van der Waals surface area contributed by atoms with E-state index >= 15 is 0 Å². The lowest BCUT2D eigenvalue weighted by Crippen LogP contribution is -2.03. The second-order valence-electron chi connectivity index (χ2n) is 5.28. The Morgan fingerprint density at radius 1 is 1.14 bits per heavy atom. The molecule has 0 saturated carbocycles. The molecule has 4 heteroatoms. The molecule has 114 valence electrons. The van der Waals surface area contributed by atoms with Gasteiger partial charge in [-0.15, -0.1) is 0 Å². The average Bonchev–Trinajstić information content (AvgIpc) is 2.46. The quantitative estimate of drug-likeness (QED) is 0.782. The molecule has 1 aromatic heterocycles. The minimum Gasteiger partial charge on any atom is -0.507 e. The topological polar surface area (TPSA) is 59.7 Å². The smallest absolute Gasteiger partial charge is 0.347 e. The van der Waals surface area contributed by atoms with Crippen LogP contribution in [0.25, 0.3) is 10.8 Å². The Hall–Kier alpha value is -1.97. The van der Waals surface area contributed by atoms with Crippen molar-refractivity contribution in [3.05, 3.63) is 34.4 Å². The van der Waals surface area contributed by atoms with Crippen LogP contribution in [0.4, 0.5) is 0 Å². The van der Waals surface area contributed by atoms with E-state index in [1.54, 1.807) is 6.07 Å². The van der Waals surface area contributed by atoms with E-state index in [0.29, 0.717) is 16.9 Å². The highest BCUT2D eigenvalue weighted by Crippen LogP contribution is 2.28. The SMILES string of the molecule is CCCCCCCc1cc2cc(OC)cc(O)c2c(=O)o1. The van der Waals surface area contributed by atoms with Crippen molar-refractivity contribution in [2.24, 2.45) is 0 Å². The van der Waals surface area contributed by atoms with E-state index in [1.807, 2.05) is 6.07 Å². The zero-order valence-corrected chi connectivity index (χ0v) is 12.6. The molecule has 1 N–H and O–H groups in total. The first-order valence-corrected chi connectivity index (χ1v) is 7.49.